The molecule has 0 bridgehead atoms. The average molecular weight is 387 g/mol. The number of nitrogens with one attached hydrogen (secondary N) is 1. The van der Waals surface area contributed by atoms with Crippen molar-refractivity contribution in [2.75, 3.05) is 5.32 Å². The summed E-state index contributed by atoms with van der Waals surface area (Å²) in [6, 6.07) is 12.5. The first kappa shape index (κ1) is 18.5. The highest BCUT2D eigenvalue weighted by molar-refractivity contribution is 7.89. The maximum Gasteiger partial charge on any atom is 0.293 e. The van der Waals surface area contributed by atoms with E-state index in [9.17, 15) is 18.5 Å². The first-order valence-corrected chi connectivity index (χ1v) is 9.48. The van der Waals surface area contributed by atoms with Gasteiger partial charge in [0.25, 0.3) is 5.69 Å². The summed E-state index contributed by atoms with van der Waals surface area (Å²) in [5.74, 6) is 0. The van der Waals surface area contributed by atoms with Crippen LogP contribution in [0.5, 0.6) is 0 Å². The number of nitro groups is 1. The van der Waals surface area contributed by atoms with Crippen molar-refractivity contribution in [1.82, 2.24) is 9.78 Å². The first-order valence-electron chi connectivity index (χ1n) is 7.94. The molecule has 0 aliphatic carbocycles. The quantitative estimate of drug-likeness (QED) is 0.493. The van der Waals surface area contributed by atoms with Crippen LogP contribution >= 0.6 is 0 Å². The second kappa shape index (κ2) is 7.17. The standard InChI is InChI=1S/C17H17N5O4S/c1-12(14-5-2-3-6-16(14)21-10-4-9-19-21)20-15-8-7-13(27(18,25)26)11-17(15)22(23)24/h2-12,20H,1H3,(H2,18,25,26). The molecule has 1 unspecified atom stereocenters. The molecule has 0 spiro atoms. The summed E-state index contributed by atoms with van der Waals surface area (Å²) in [6.07, 6.45) is 3.46. The maximum atomic E-state index is 11.5. The minimum atomic E-state index is -4.04. The van der Waals surface area contributed by atoms with E-state index < -0.39 is 14.9 Å². The smallest absolute Gasteiger partial charge is 0.293 e. The molecule has 0 saturated carbocycles. The Morgan fingerprint density at radius 1 is 1.22 bits per heavy atom. The van der Waals surface area contributed by atoms with Crippen molar-refractivity contribution in [3.05, 3.63) is 76.6 Å². The Hall–Kier alpha value is -3.24. The van der Waals surface area contributed by atoms with Gasteiger partial charge in [-0.25, -0.2) is 18.2 Å². The number of hydrogen-bond donors (Lipinski definition) is 2. The molecule has 1 heterocycles. The number of nitrogens with zero attached hydrogens (tertiary/aromatic N) is 3. The van der Waals surface area contributed by atoms with E-state index in [1.54, 1.807) is 23.1 Å². The van der Waals surface area contributed by atoms with Gasteiger partial charge in [0, 0.05) is 18.5 Å². The maximum absolute atomic E-state index is 11.5. The van der Waals surface area contributed by atoms with Crippen molar-refractivity contribution in [2.24, 2.45) is 5.14 Å². The Bertz CT molecular complexity index is 1080. The van der Waals surface area contributed by atoms with Gasteiger partial charge in [-0.15, -0.1) is 0 Å². The van der Waals surface area contributed by atoms with Crippen LogP contribution in [-0.2, 0) is 10.0 Å². The van der Waals surface area contributed by atoms with Crippen LogP contribution in [0.25, 0.3) is 5.69 Å². The van der Waals surface area contributed by atoms with Crippen molar-refractivity contribution in [3.63, 3.8) is 0 Å². The zero-order chi connectivity index (χ0) is 19.6. The number of aromatic nitrogens is 2. The molecule has 1 aromatic heterocycles. The van der Waals surface area contributed by atoms with E-state index in [1.165, 1.54) is 12.1 Å². The summed E-state index contributed by atoms with van der Waals surface area (Å²) < 4.78 is 24.6. The number of nitro benzene ring substituents is 1. The summed E-state index contributed by atoms with van der Waals surface area (Å²) >= 11 is 0. The predicted molar refractivity (Wildman–Crippen MR) is 100 cm³/mol. The third-order valence-electron chi connectivity index (χ3n) is 4.02. The van der Waals surface area contributed by atoms with Crippen molar-refractivity contribution in [1.29, 1.82) is 0 Å². The van der Waals surface area contributed by atoms with Crippen molar-refractivity contribution in [3.8, 4) is 5.69 Å². The molecule has 0 aliphatic rings. The van der Waals surface area contributed by atoms with Crippen molar-refractivity contribution >= 4 is 21.4 Å². The highest BCUT2D eigenvalue weighted by atomic mass is 32.2. The van der Waals surface area contributed by atoms with Crippen LogP contribution in [0.3, 0.4) is 0 Å². The number of para-hydroxylation sites is 1. The van der Waals surface area contributed by atoms with Gasteiger partial charge in [0.05, 0.1) is 21.5 Å². The zero-order valence-corrected chi connectivity index (χ0v) is 15.1. The Kier molecular flexibility index (Phi) is 4.93. The minimum Gasteiger partial charge on any atom is -0.373 e. The van der Waals surface area contributed by atoms with E-state index in [1.807, 2.05) is 31.2 Å². The molecule has 27 heavy (non-hydrogen) atoms. The molecule has 0 aliphatic heterocycles. The number of benzene rings is 2. The Morgan fingerprint density at radius 3 is 2.59 bits per heavy atom. The minimum absolute atomic E-state index is 0.190. The summed E-state index contributed by atoms with van der Waals surface area (Å²) in [7, 11) is -4.04. The van der Waals surface area contributed by atoms with E-state index in [2.05, 4.69) is 10.4 Å². The largest absolute Gasteiger partial charge is 0.373 e. The van der Waals surface area contributed by atoms with Crippen LogP contribution in [0, 0.1) is 10.1 Å². The van der Waals surface area contributed by atoms with Gasteiger partial charge >= 0.3 is 0 Å². The lowest BCUT2D eigenvalue weighted by molar-refractivity contribution is -0.384. The van der Waals surface area contributed by atoms with E-state index in [0.717, 1.165) is 17.3 Å². The average Bonchev–Trinajstić information content (AvgIpc) is 3.15. The van der Waals surface area contributed by atoms with E-state index in [4.69, 9.17) is 5.14 Å². The van der Waals surface area contributed by atoms with Crippen LogP contribution in [0.1, 0.15) is 18.5 Å². The molecule has 9 nitrogen and oxygen atoms in total. The molecular formula is C17H17N5O4S. The monoisotopic (exact) mass is 387 g/mol. The second-order valence-corrected chi connectivity index (χ2v) is 7.42. The number of primary sulfonamides is 1. The summed E-state index contributed by atoms with van der Waals surface area (Å²) in [5.41, 5.74) is 1.51. The normalized spacial score (nSPS) is 12.5. The van der Waals surface area contributed by atoms with Crippen LogP contribution in [0.15, 0.2) is 65.8 Å². The highest BCUT2D eigenvalue weighted by Gasteiger charge is 2.21. The molecule has 10 heteroatoms. The van der Waals surface area contributed by atoms with Gasteiger partial charge in [0.15, 0.2) is 0 Å². The molecule has 3 rings (SSSR count). The lowest BCUT2D eigenvalue weighted by atomic mass is 10.1. The second-order valence-electron chi connectivity index (χ2n) is 5.86. The Labute approximate surface area is 155 Å². The van der Waals surface area contributed by atoms with E-state index in [-0.39, 0.29) is 22.3 Å². The van der Waals surface area contributed by atoms with Gasteiger partial charge in [0.2, 0.25) is 10.0 Å². The highest BCUT2D eigenvalue weighted by Crippen LogP contribution is 2.31. The zero-order valence-electron chi connectivity index (χ0n) is 14.3. The van der Waals surface area contributed by atoms with E-state index in [0.29, 0.717) is 0 Å². The molecule has 0 amide bonds. The molecule has 2 aromatic carbocycles. The van der Waals surface area contributed by atoms with Crippen LogP contribution in [0.4, 0.5) is 11.4 Å². The number of hydrogen-bond acceptors (Lipinski definition) is 6. The summed E-state index contributed by atoms with van der Waals surface area (Å²) in [4.78, 5) is 10.4. The summed E-state index contributed by atoms with van der Waals surface area (Å²) in [5, 5.41) is 23.7. The Morgan fingerprint density at radius 2 is 1.96 bits per heavy atom. The number of rotatable bonds is 6. The molecule has 0 radical (unpaired) electrons. The molecular weight excluding hydrogens is 370 g/mol. The van der Waals surface area contributed by atoms with Crippen LogP contribution in [0.2, 0.25) is 0 Å². The van der Waals surface area contributed by atoms with Gasteiger partial charge in [-0.3, -0.25) is 10.1 Å². The molecule has 3 N–H and O–H groups in total. The first-order chi connectivity index (χ1) is 12.8. The van der Waals surface area contributed by atoms with Crippen molar-refractivity contribution < 1.29 is 13.3 Å². The lowest BCUT2D eigenvalue weighted by Crippen LogP contribution is -2.14. The molecule has 0 fully saturated rings. The lowest BCUT2D eigenvalue weighted by Gasteiger charge is -2.19. The Balaban J connectivity index is 1.98. The number of nitrogens with two attached hydrogens (primary N) is 1. The van der Waals surface area contributed by atoms with Gasteiger partial charge in [-0.2, -0.15) is 5.10 Å². The van der Waals surface area contributed by atoms with Gasteiger partial charge in [-0.05, 0) is 36.8 Å². The predicted octanol–water partition coefficient (Wildman–Crippen LogP) is 2.60. The number of sulfonamides is 1. The third kappa shape index (κ3) is 3.96. The molecule has 0 saturated heterocycles. The summed E-state index contributed by atoms with van der Waals surface area (Å²) in [6.45, 7) is 1.85. The molecule has 3 aromatic rings. The molecule has 1 atom stereocenters. The van der Waals surface area contributed by atoms with Gasteiger partial charge in [0.1, 0.15) is 5.69 Å². The fraction of sp³-hybridized carbons (Fsp3) is 0.118. The number of anilines is 1. The third-order valence-corrected chi connectivity index (χ3v) is 4.93. The molecule has 140 valence electrons. The van der Waals surface area contributed by atoms with Crippen LogP contribution < -0.4 is 10.5 Å². The van der Waals surface area contributed by atoms with Crippen LogP contribution in [-0.4, -0.2) is 23.1 Å². The fourth-order valence-corrected chi connectivity index (χ4v) is 3.28. The fourth-order valence-electron chi connectivity index (χ4n) is 2.75. The topological polar surface area (TPSA) is 133 Å². The van der Waals surface area contributed by atoms with E-state index >= 15 is 0 Å². The van der Waals surface area contributed by atoms with Crippen molar-refractivity contribution in [2.45, 2.75) is 17.9 Å². The van der Waals surface area contributed by atoms with Gasteiger partial charge < -0.3 is 5.32 Å². The van der Waals surface area contributed by atoms with Gasteiger partial charge in [-0.1, -0.05) is 18.2 Å². The SMILES string of the molecule is CC(Nc1ccc(S(N)(=O)=O)cc1[N+](=O)[O-])c1ccccc1-n1cccn1.